The molecule has 0 bridgehead atoms. The number of unbranched alkanes of at least 4 members (excludes halogenated alkanes) is 2. The normalized spacial score (nSPS) is 18.0. The third-order valence-electron chi connectivity index (χ3n) is 10.8. The number of ether oxygens (including phenoxy) is 6. The van der Waals surface area contributed by atoms with Gasteiger partial charge in [-0.3, -0.25) is 0 Å². The number of fused-ring (bicyclic) bond motifs is 5. The second-order valence-corrected chi connectivity index (χ2v) is 14.3. The van der Waals surface area contributed by atoms with Gasteiger partial charge >= 0.3 is 0 Å². The lowest BCUT2D eigenvalue weighted by atomic mass is 9.81. The summed E-state index contributed by atoms with van der Waals surface area (Å²) in [4.78, 5) is 0. The van der Waals surface area contributed by atoms with Gasteiger partial charge in [0.1, 0.15) is 34.5 Å². The average molecular weight is 745 g/mol. The van der Waals surface area contributed by atoms with Crippen molar-refractivity contribution in [1.82, 2.24) is 0 Å². The number of hydrogen-bond acceptors (Lipinski definition) is 6. The Labute approximate surface area is 329 Å². The van der Waals surface area contributed by atoms with Crippen molar-refractivity contribution in [3.05, 3.63) is 167 Å². The summed E-state index contributed by atoms with van der Waals surface area (Å²) in [5, 5.41) is 2.14. The summed E-state index contributed by atoms with van der Waals surface area (Å²) in [5.74, 6) is 4.46. The van der Waals surface area contributed by atoms with Gasteiger partial charge in [0, 0.05) is 50.9 Å². The fraction of sp³-hybridized carbons (Fsp3) is 0.240. The predicted molar refractivity (Wildman–Crippen MR) is 225 cm³/mol. The zero-order chi connectivity index (χ0) is 38.5. The summed E-state index contributed by atoms with van der Waals surface area (Å²) >= 11 is 0. The highest BCUT2D eigenvalue weighted by molar-refractivity contribution is 6.02. The van der Waals surface area contributed by atoms with Crippen molar-refractivity contribution in [2.75, 3.05) is 27.4 Å². The number of hydrogen-bond donors (Lipinski definition) is 0. The Hall–Kier alpha value is -6.14. The Morgan fingerprint density at radius 3 is 1.38 bits per heavy atom. The van der Waals surface area contributed by atoms with Crippen molar-refractivity contribution < 1.29 is 28.4 Å². The van der Waals surface area contributed by atoms with E-state index in [4.69, 9.17) is 28.4 Å². The van der Waals surface area contributed by atoms with E-state index in [0.29, 0.717) is 13.2 Å². The second-order valence-electron chi connectivity index (χ2n) is 14.3. The van der Waals surface area contributed by atoms with E-state index in [0.717, 1.165) is 104 Å². The molecule has 6 heteroatoms. The molecule has 6 aromatic rings. The molecule has 2 aliphatic rings. The van der Waals surface area contributed by atoms with Crippen LogP contribution in [0.5, 0.6) is 34.5 Å². The fourth-order valence-electron chi connectivity index (χ4n) is 7.81. The quantitative estimate of drug-likeness (QED) is 0.104. The minimum absolute atomic E-state index is 0.596. The van der Waals surface area contributed by atoms with Crippen LogP contribution < -0.4 is 28.4 Å². The van der Waals surface area contributed by atoms with Crippen LogP contribution in [0.1, 0.15) is 72.9 Å². The van der Waals surface area contributed by atoms with E-state index in [1.54, 1.807) is 14.2 Å². The third-order valence-corrected chi connectivity index (χ3v) is 10.8. The maximum atomic E-state index is 7.27. The molecule has 0 spiro atoms. The van der Waals surface area contributed by atoms with Crippen molar-refractivity contribution >= 4 is 22.9 Å². The number of benzene rings is 6. The minimum atomic E-state index is -0.956. The molecule has 0 amide bonds. The molecule has 2 aliphatic heterocycles. The molecule has 0 radical (unpaired) electrons. The molecule has 0 saturated heterocycles. The topological polar surface area (TPSA) is 55.4 Å². The lowest BCUT2D eigenvalue weighted by molar-refractivity contribution is 0.154. The maximum Gasteiger partial charge on any atom is 0.181 e. The summed E-state index contributed by atoms with van der Waals surface area (Å²) in [6.45, 7) is 5.52. The molecular weight excluding hydrogens is 697 g/mol. The van der Waals surface area contributed by atoms with Gasteiger partial charge in [-0.15, -0.1) is 0 Å². The van der Waals surface area contributed by atoms with E-state index in [1.807, 2.05) is 60.7 Å². The van der Waals surface area contributed by atoms with Gasteiger partial charge in [0.05, 0.1) is 27.4 Å². The van der Waals surface area contributed by atoms with Crippen LogP contribution in [0.2, 0.25) is 0 Å². The van der Waals surface area contributed by atoms with Crippen molar-refractivity contribution in [1.29, 1.82) is 0 Å². The zero-order valence-electron chi connectivity index (χ0n) is 32.5. The summed E-state index contributed by atoms with van der Waals surface area (Å²) in [6.07, 6.45) is 12.7. The van der Waals surface area contributed by atoms with Crippen LogP contribution in [0.15, 0.2) is 133 Å². The van der Waals surface area contributed by atoms with Gasteiger partial charge in [-0.2, -0.15) is 0 Å². The Bertz CT molecular complexity index is 2220. The van der Waals surface area contributed by atoms with Crippen LogP contribution in [0.25, 0.3) is 22.9 Å². The molecule has 0 saturated carbocycles. The summed E-state index contributed by atoms with van der Waals surface area (Å²) < 4.78 is 38.7. The second kappa shape index (κ2) is 15.9. The van der Waals surface area contributed by atoms with Crippen LogP contribution in [-0.4, -0.2) is 27.4 Å². The van der Waals surface area contributed by atoms with Gasteiger partial charge in [0.15, 0.2) is 11.2 Å². The molecule has 56 heavy (non-hydrogen) atoms. The molecule has 0 aliphatic carbocycles. The molecule has 2 atom stereocenters. The van der Waals surface area contributed by atoms with E-state index < -0.39 is 11.2 Å². The lowest BCUT2D eigenvalue weighted by Gasteiger charge is -2.38. The summed E-state index contributed by atoms with van der Waals surface area (Å²) in [5.41, 5.74) is 3.87. The molecule has 0 aromatic heterocycles. The first-order chi connectivity index (χ1) is 27.5. The fourth-order valence-corrected chi connectivity index (χ4v) is 7.81. The van der Waals surface area contributed by atoms with E-state index in [9.17, 15) is 0 Å². The minimum Gasteiger partial charge on any atom is -0.497 e. The first-order valence-electron chi connectivity index (χ1n) is 19.6. The summed E-state index contributed by atoms with van der Waals surface area (Å²) in [7, 11) is 3.35. The maximum absolute atomic E-state index is 7.27. The Morgan fingerprint density at radius 1 is 0.518 bits per heavy atom. The van der Waals surface area contributed by atoms with Crippen LogP contribution >= 0.6 is 0 Å². The molecule has 2 unspecified atom stereocenters. The van der Waals surface area contributed by atoms with E-state index in [2.05, 4.69) is 98.8 Å². The van der Waals surface area contributed by atoms with Crippen LogP contribution in [0.4, 0.5) is 0 Å². The van der Waals surface area contributed by atoms with Gasteiger partial charge in [-0.05, 0) is 78.9 Å². The Morgan fingerprint density at radius 2 is 0.964 bits per heavy atom. The Balaban J connectivity index is 1.27. The average Bonchev–Trinajstić information content (AvgIpc) is 3.26. The highest BCUT2D eigenvalue weighted by atomic mass is 16.5. The lowest BCUT2D eigenvalue weighted by Crippen LogP contribution is -2.35. The smallest absolute Gasteiger partial charge is 0.181 e. The standard InChI is InChI=1S/C50H48O6/c1-5-7-31-53-46-33-38(51-3)21-23-42(46)49(36-15-11-9-12-16-36)29-27-40-44(55-49)25-19-35-20-26-45-41(48(35)40)28-30-50(56-45,37-17-13-10-14-18-37)43-24-22-39(52-4)34-47(43)54-32-8-6-2/h9-30,33-34H,5-8,31-32H2,1-4H3. The molecular formula is C50H48O6. The van der Waals surface area contributed by atoms with Crippen molar-refractivity contribution in [2.24, 2.45) is 0 Å². The Kier molecular flexibility index (Phi) is 10.5. The van der Waals surface area contributed by atoms with Crippen molar-refractivity contribution in [3.63, 3.8) is 0 Å². The SMILES string of the molecule is CCCCOc1cc(OC)ccc1C1(c2ccccc2)C=Cc2c(ccc3ccc4c(c23)C=CC(c2ccccc2)(c2ccc(OC)cc2OCCCC)O4)O1. The van der Waals surface area contributed by atoms with Crippen LogP contribution in [0.3, 0.4) is 0 Å². The largest absolute Gasteiger partial charge is 0.497 e. The first kappa shape index (κ1) is 36.8. The highest BCUT2D eigenvalue weighted by Crippen LogP contribution is 2.51. The van der Waals surface area contributed by atoms with Crippen molar-refractivity contribution in [2.45, 2.75) is 50.7 Å². The molecule has 0 N–H and O–H groups in total. The third kappa shape index (κ3) is 6.63. The van der Waals surface area contributed by atoms with Gasteiger partial charge < -0.3 is 28.4 Å². The van der Waals surface area contributed by atoms with E-state index in [-0.39, 0.29) is 0 Å². The molecule has 284 valence electrons. The monoisotopic (exact) mass is 744 g/mol. The van der Waals surface area contributed by atoms with Gasteiger partial charge in [0.25, 0.3) is 0 Å². The van der Waals surface area contributed by atoms with E-state index >= 15 is 0 Å². The van der Waals surface area contributed by atoms with Gasteiger partial charge in [-0.25, -0.2) is 0 Å². The molecule has 0 fully saturated rings. The first-order valence-corrected chi connectivity index (χ1v) is 19.6. The van der Waals surface area contributed by atoms with Crippen molar-refractivity contribution in [3.8, 4) is 34.5 Å². The van der Waals surface area contributed by atoms with Crippen LogP contribution in [0, 0.1) is 0 Å². The number of methoxy groups -OCH3 is 2. The molecule has 6 nitrogen and oxygen atoms in total. The zero-order valence-corrected chi connectivity index (χ0v) is 32.5. The molecule has 2 heterocycles. The highest BCUT2D eigenvalue weighted by Gasteiger charge is 2.42. The van der Waals surface area contributed by atoms with Crippen LogP contribution in [-0.2, 0) is 11.2 Å². The molecule has 6 aromatic carbocycles. The summed E-state index contributed by atoms with van der Waals surface area (Å²) in [6, 6.07) is 41.1. The predicted octanol–water partition coefficient (Wildman–Crippen LogP) is 11.9. The van der Waals surface area contributed by atoms with E-state index in [1.165, 1.54) is 0 Å². The van der Waals surface area contributed by atoms with Gasteiger partial charge in [-0.1, -0.05) is 99.5 Å². The van der Waals surface area contributed by atoms with Gasteiger partial charge in [0.2, 0.25) is 0 Å². The molecule has 8 rings (SSSR count). The number of rotatable bonds is 14.